The number of hydrogen-bond donors (Lipinski definition) is 0. The van der Waals surface area contributed by atoms with Gasteiger partial charge in [-0.25, -0.2) is 8.42 Å². The van der Waals surface area contributed by atoms with E-state index in [9.17, 15) is 18.0 Å². The van der Waals surface area contributed by atoms with E-state index < -0.39 is 21.4 Å². The summed E-state index contributed by atoms with van der Waals surface area (Å²) in [6.07, 6.45) is 1.31. The van der Waals surface area contributed by atoms with Crippen molar-refractivity contribution in [3.05, 3.63) is 24.3 Å². The Bertz CT molecular complexity index is 894. The van der Waals surface area contributed by atoms with Crippen molar-refractivity contribution in [3.8, 4) is 5.75 Å². The number of para-hydroxylation sites is 1. The number of likely N-dealkylation sites (N-methyl/N-ethyl adjacent to an activating group) is 1. The summed E-state index contributed by atoms with van der Waals surface area (Å²) in [5.74, 6) is -0.290. The maximum atomic E-state index is 13.3. The third-order valence-corrected chi connectivity index (χ3v) is 7.65. The monoisotopic (exact) mass is 439 g/mol. The lowest BCUT2D eigenvalue weighted by Gasteiger charge is -2.44. The molecule has 0 aliphatic carbocycles. The van der Waals surface area contributed by atoms with Gasteiger partial charge in [0.25, 0.3) is 0 Å². The summed E-state index contributed by atoms with van der Waals surface area (Å²) in [5.41, 5.74) is -0.452. The van der Waals surface area contributed by atoms with Crippen LogP contribution in [0.2, 0.25) is 0 Å². The van der Waals surface area contributed by atoms with Crippen molar-refractivity contribution in [1.29, 1.82) is 0 Å². The second-order valence-corrected chi connectivity index (χ2v) is 10.1. The number of likely N-dealkylation sites (tertiary alicyclic amines) is 1. The smallest absolute Gasteiger partial charge is 0.321 e. The molecule has 166 valence electrons. The van der Waals surface area contributed by atoms with Crippen molar-refractivity contribution in [3.63, 3.8) is 0 Å². The largest absolute Gasteiger partial charge is 0.492 e. The molecule has 1 aromatic carbocycles. The highest BCUT2D eigenvalue weighted by Crippen LogP contribution is 2.39. The first-order valence-electron chi connectivity index (χ1n) is 9.88. The van der Waals surface area contributed by atoms with Gasteiger partial charge in [-0.15, -0.1) is 0 Å². The minimum Gasteiger partial charge on any atom is -0.492 e. The molecule has 1 spiro atoms. The normalized spacial score (nSPS) is 21.0. The van der Waals surface area contributed by atoms with Crippen molar-refractivity contribution in [2.75, 3.05) is 60.5 Å². The van der Waals surface area contributed by atoms with E-state index in [1.807, 2.05) is 0 Å². The zero-order chi connectivity index (χ0) is 21.9. The van der Waals surface area contributed by atoms with Crippen molar-refractivity contribution in [1.82, 2.24) is 14.1 Å². The van der Waals surface area contributed by atoms with E-state index >= 15 is 0 Å². The van der Waals surface area contributed by atoms with E-state index in [1.54, 1.807) is 37.2 Å². The maximum Gasteiger partial charge on any atom is 0.321 e. The van der Waals surface area contributed by atoms with Gasteiger partial charge in [0.15, 0.2) is 0 Å². The summed E-state index contributed by atoms with van der Waals surface area (Å²) in [6, 6.07) is 6.48. The second-order valence-electron chi connectivity index (χ2n) is 8.15. The predicted molar refractivity (Wildman–Crippen MR) is 110 cm³/mol. The fourth-order valence-electron chi connectivity index (χ4n) is 3.83. The molecule has 1 amide bonds. The molecule has 2 aliphatic rings. The first kappa shape index (κ1) is 22.5. The summed E-state index contributed by atoms with van der Waals surface area (Å²) in [5, 5.41) is 0. The SMILES string of the molecule is COC(=O)CN1CC2(CCN(CC(=O)N(C)C)CC2)COc2ccccc2S1(=O)=O. The van der Waals surface area contributed by atoms with Gasteiger partial charge in [0, 0.05) is 26.1 Å². The van der Waals surface area contributed by atoms with Crippen LogP contribution in [-0.4, -0.2) is 94.9 Å². The fourth-order valence-corrected chi connectivity index (χ4v) is 5.46. The molecule has 30 heavy (non-hydrogen) atoms. The Balaban J connectivity index is 1.86. The van der Waals surface area contributed by atoms with Crippen molar-refractivity contribution in [2.45, 2.75) is 17.7 Å². The van der Waals surface area contributed by atoms with Gasteiger partial charge in [-0.3, -0.25) is 14.5 Å². The number of fused-ring (bicyclic) bond motifs is 1. The summed E-state index contributed by atoms with van der Waals surface area (Å²) in [4.78, 5) is 27.7. The number of carbonyl (C=O) groups excluding carboxylic acids is 2. The summed E-state index contributed by atoms with van der Waals surface area (Å²) in [6.45, 7) is 1.78. The van der Waals surface area contributed by atoms with Crippen molar-refractivity contribution < 1.29 is 27.5 Å². The molecule has 0 N–H and O–H groups in total. The van der Waals surface area contributed by atoms with Crippen LogP contribution in [0.1, 0.15) is 12.8 Å². The number of ether oxygens (including phenoxy) is 2. The summed E-state index contributed by atoms with van der Waals surface area (Å²) < 4.78 is 38.6. The van der Waals surface area contributed by atoms with Crippen LogP contribution in [0, 0.1) is 5.41 Å². The van der Waals surface area contributed by atoms with Gasteiger partial charge in [0.2, 0.25) is 15.9 Å². The topological polar surface area (TPSA) is 96.5 Å². The minimum atomic E-state index is -3.93. The van der Waals surface area contributed by atoms with Crippen LogP contribution >= 0.6 is 0 Å². The first-order chi connectivity index (χ1) is 14.2. The minimum absolute atomic E-state index is 0.0312. The molecule has 0 aromatic heterocycles. The van der Waals surface area contributed by atoms with E-state index in [-0.39, 0.29) is 29.6 Å². The lowest BCUT2D eigenvalue weighted by atomic mass is 9.78. The molecule has 2 heterocycles. The molecule has 1 aromatic rings. The molecule has 0 unspecified atom stereocenters. The molecule has 0 atom stereocenters. The molecule has 10 heteroatoms. The molecular weight excluding hydrogens is 410 g/mol. The lowest BCUT2D eigenvalue weighted by molar-refractivity contribution is -0.141. The van der Waals surface area contributed by atoms with Crippen LogP contribution in [0.25, 0.3) is 0 Å². The van der Waals surface area contributed by atoms with Crippen LogP contribution in [0.5, 0.6) is 5.75 Å². The van der Waals surface area contributed by atoms with Crippen LogP contribution in [0.15, 0.2) is 29.2 Å². The zero-order valence-electron chi connectivity index (χ0n) is 17.7. The molecule has 0 radical (unpaired) electrons. The van der Waals surface area contributed by atoms with E-state index in [4.69, 9.17) is 9.47 Å². The zero-order valence-corrected chi connectivity index (χ0v) is 18.5. The number of amides is 1. The Morgan fingerprint density at radius 3 is 2.47 bits per heavy atom. The number of benzene rings is 1. The van der Waals surface area contributed by atoms with Crippen LogP contribution in [0.4, 0.5) is 0 Å². The van der Waals surface area contributed by atoms with Gasteiger partial charge >= 0.3 is 5.97 Å². The number of piperidine rings is 1. The van der Waals surface area contributed by atoms with Gasteiger partial charge < -0.3 is 14.4 Å². The third kappa shape index (κ3) is 4.76. The Morgan fingerprint density at radius 1 is 1.17 bits per heavy atom. The standard InChI is InChI=1S/C20H29N3O6S/c1-21(2)18(24)12-22-10-8-20(9-11-22)14-23(13-19(25)28-3)30(26,27)17-7-5-4-6-16(17)29-15-20/h4-7H,8-15H2,1-3H3. The van der Waals surface area contributed by atoms with Crippen molar-refractivity contribution >= 4 is 21.9 Å². The number of carbonyl (C=O) groups is 2. The van der Waals surface area contributed by atoms with Crippen LogP contribution in [0.3, 0.4) is 0 Å². The average molecular weight is 440 g/mol. The molecule has 9 nitrogen and oxygen atoms in total. The van der Waals surface area contributed by atoms with Gasteiger partial charge in [0.1, 0.15) is 17.2 Å². The third-order valence-electron chi connectivity index (χ3n) is 5.82. The Labute approximate surface area is 177 Å². The first-order valence-corrected chi connectivity index (χ1v) is 11.3. The maximum absolute atomic E-state index is 13.3. The summed E-state index contributed by atoms with van der Waals surface area (Å²) in [7, 11) is 0.760. The molecule has 1 saturated heterocycles. The highest BCUT2D eigenvalue weighted by atomic mass is 32.2. The number of nitrogens with zero attached hydrogens (tertiary/aromatic N) is 3. The number of rotatable bonds is 4. The number of sulfonamides is 1. The van der Waals surface area contributed by atoms with Gasteiger partial charge in [-0.05, 0) is 38.1 Å². The van der Waals surface area contributed by atoms with Crippen molar-refractivity contribution in [2.24, 2.45) is 5.41 Å². The molecule has 0 bridgehead atoms. The van der Waals surface area contributed by atoms with E-state index in [1.165, 1.54) is 17.5 Å². The molecule has 2 aliphatic heterocycles. The second kappa shape index (κ2) is 8.91. The highest BCUT2D eigenvalue weighted by molar-refractivity contribution is 7.89. The van der Waals surface area contributed by atoms with Gasteiger partial charge in [-0.1, -0.05) is 12.1 Å². The lowest BCUT2D eigenvalue weighted by Crippen LogP contribution is -2.53. The number of hydrogen-bond acceptors (Lipinski definition) is 7. The summed E-state index contributed by atoms with van der Waals surface area (Å²) >= 11 is 0. The molecular formula is C20H29N3O6S. The Kier molecular flexibility index (Phi) is 6.68. The fraction of sp³-hybridized carbons (Fsp3) is 0.600. The number of methoxy groups -OCH3 is 1. The Hall–Kier alpha value is -2.17. The van der Waals surface area contributed by atoms with E-state index in [0.717, 1.165) is 0 Å². The van der Waals surface area contributed by atoms with E-state index in [0.29, 0.717) is 39.1 Å². The Morgan fingerprint density at radius 2 is 1.83 bits per heavy atom. The quantitative estimate of drug-likeness (QED) is 0.627. The molecule has 3 rings (SSSR count). The molecule has 0 saturated carbocycles. The van der Waals surface area contributed by atoms with Gasteiger partial charge in [-0.2, -0.15) is 4.31 Å². The molecule has 1 fully saturated rings. The highest BCUT2D eigenvalue weighted by Gasteiger charge is 2.43. The van der Waals surface area contributed by atoms with Crippen LogP contribution < -0.4 is 4.74 Å². The predicted octanol–water partition coefficient (Wildman–Crippen LogP) is 0.413. The van der Waals surface area contributed by atoms with Gasteiger partial charge in [0.05, 0.1) is 20.3 Å². The van der Waals surface area contributed by atoms with E-state index in [2.05, 4.69) is 4.90 Å². The van der Waals surface area contributed by atoms with Crippen LogP contribution in [-0.2, 0) is 24.3 Å². The average Bonchev–Trinajstić information content (AvgIpc) is 2.72. The number of esters is 1.